The van der Waals surface area contributed by atoms with Crippen molar-refractivity contribution in [3.8, 4) is 0 Å². The van der Waals surface area contributed by atoms with Gasteiger partial charge in [0.25, 0.3) is 0 Å². The third-order valence-corrected chi connectivity index (χ3v) is 4.55. The number of imidazole rings is 1. The molecule has 0 spiro atoms. The predicted octanol–water partition coefficient (Wildman–Crippen LogP) is -1.87. The van der Waals surface area contributed by atoms with Crippen LogP contribution in [0.5, 0.6) is 0 Å². The van der Waals surface area contributed by atoms with Crippen LogP contribution in [-0.2, 0) is 9.53 Å². The Morgan fingerprint density at radius 1 is 1.42 bits per heavy atom. The highest BCUT2D eigenvalue weighted by molar-refractivity contribution is 5.82. The number of nitrogens with zero attached hydrogens (tertiary/aromatic N) is 4. The van der Waals surface area contributed by atoms with Crippen molar-refractivity contribution in [1.82, 2.24) is 24.8 Å². The van der Waals surface area contributed by atoms with Gasteiger partial charge in [-0.05, 0) is 5.92 Å². The molecule has 142 valence electrons. The second kappa shape index (κ2) is 7.11. The Balaban J connectivity index is 1.86. The van der Waals surface area contributed by atoms with Gasteiger partial charge in [0.15, 0.2) is 17.7 Å². The maximum absolute atomic E-state index is 12.3. The molecule has 0 saturated carbocycles. The molecule has 7 N–H and O–H groups in total. The van der Waals surface area contributed by atoms with Crippen LogP contribution < -0.4 is 16.8 Å². The summed E-state index contributed by atoms with van der Waals surface area (Å²) in [5.41, 5.74) is 12.4. The third kappa shape index (κ3) is 3.09. The smallest absolute Gasteiger partial charge is 0.237 e. The van der Waals surface area contributed by atoms with E-state index in [4.69, 9.17) is 16.2 Å². The highest BCUT2D eigenvalue weighted by Crippen LogP contribution is 2.32. The quantitative estimate of drug-likeness (QED) is 0.406. The first-order valence-corrected chi connectivity index (χ1v) is 8.28. The number of hydrogen-bond donors (Lipinski definition) is 5. The van der Waals surface area contributed by atoms with E-state index in [-0.39, 0.29) is 18.3 Å². The number of hydrogen-bond acceptors (Lipinski definition) is 9. The Morgan fingerprint density at radius 2 is 2.15 bits per heavy atom. The van der Waals surface area contributed by atoms with E-state index >= 15 is 0 Å². The zero-order valence-electron chi connectivity index (χ0n) is 14.5. The molecule has 11 nitrogen and oxygen atoms in total. The number of ether oxygens (including phenoxy) is 1. The summed E-state index contributed by atoms with van der Waals surface area (Å²) in [7, 11) is 0. The Hall–Kier alpha value is -2.34. The number of carbonyl (C=O) groups is 1. The largest absolute Gasteiger partial charge is 0.394 e. The number of nitrogens with two attached hydrogens (primary N) is 2. The van der Waals surface area contributed by atoms with Crippen molar-refractivity contribution >= 4 is 22.9 Å². The molecule has 1 fully saturated rings. The number of rotatable bonds is 5. The van der Waals surface area contributed by atoms with Crippen LogP contribution in [0.25, 0.3) is 11.2 Å². The standard InChI is InChI=1S/C15H23N7O4/c1-6(2)8(16)14(25)21-9-7(3-23)26-15(11(9)24)22-5-20-10-12(17)18-4-19-13(10)22/h4-9,11,15,23-24H,3,16H2,1-2H3,(H,21,25)(H2,17,18,19)/t7-,8?,9?,11+,15-/m1/s1. The first-order chi connectivity index (χ1) is 12.3. The topological polar surface area (TPSA) is 174 Å². The SMILES string of the molecule is CC(C)C(N)C(=O)NC1[C@@H](CO)O[C@@H](n2cnc3c(N)ncnc32)[C@H]1O. The minimum absolute atomic E-state index is 0.0740. The van der Waals surface area contributed by atoms with E-state index in [9.17, 15) is 15.0 Å². The molecule has 3 rings (SSSR count). The number of aliphatic hydroxyl groups is 2. The van der Waals surface area contributed by atoms with E-state index < -0.39 is 36.4 Å². The van der Waals surface area contributed by atoms with Crippen molar-refractivity contribution in [2.75, 3.05) is 12.3 Å². The zero-order valence-corrected chi connectivity index (χ0v) is 14.5. The summed E-state index contributed by atoms with van der Waals surface area (Å²) < 4.78 is 7.23. The molecular formula is C15H23N7O4. The molecule has 11 heteroatoms. The summed E-state index contributed by atoms with van der Waals surface area (Å²) in [5.74, 6) is -0.295. The van der Waals surface area contributed by atoms with Gasteiger partial charge in [-0.15, -0.1) is 0 Å². The van der Waals surface area contributed by atoms with Crippen LogP contribution in [0.4, 0.5) is 5.82 Å². The molecule has 0 bridgehead atoms. The monoisotopic (exact) mass is 365 g/mol. The summed E-state index contributed by atoms with van der Waals surface area (Å²) in [6, 6.07) is -1.57. The van der Waals surface area contributed by atoms with Crippen LogP contribution in [0.1, 0.15) is 20.1 Å². The molecule has 0 radical (unpaired) electrons. The lowest BCUT2D eigenvalue weighted by Crippen LogP contribution is -2.54. The minimum Gasteiger partial charge on any atom is -0.394 e. The Labute approximate surface area is 149 Å². The number of fused-ring (bicyclic) bond motifs is 1. The van der Waals surface area contributed by atoms with Crippen molar-refractivity contribution in [3.63, 3.8) is 0 Å². The van der Waals surface area contributed by atoms with Gasteiger partial charge >= 0.3 is 0 Å². The average molecular weight is 365 g/mol. The van der Waals surface area contributed by atoms with Gasteiger partial charge in [0, 0.05) is 0 Å². The van der Waals surface area contributed by atoms with Crippen molar-refractivity contribution < 1.29 is 19.7 Å². The molecule has 1 aliphatic rings. The number of aromatic nitrogens is 4. The molecule has 1 amide bonds. The fraction of sp³-hybridized carbons (Fsp3) is 0.600. The summed E-state index contributed by atoms with van der Waals surface area (Å²) in [6.07, 6.45) is -0.171. The molecule has 2 aromatic rings. The second-order valence-corrected chi connectivity index (χ2v) is 6.63. The molecule has 1 aliphatic heterocycles. The highest BCUT2D eigenvalue weighted by atomic mass is 16.5. The van der Waals surface area contributed by atoms with Crippen molar-refractivity contribution in [1.29, 1.82) is 0 Å². The van der Waals surface area contributed by atoms with E-state index in [1.54, 1.807) is 0 Å². The molecule has 0 aliphatic carbocycles. The Bertz CT molecular complexity index is 795. The molecule has 3 heterocycles. The zero-order chi connectivity index (χ0) is 19.0. The number of carbonyl (C=O) groups excluding carboxylic acids is 1. The normalized spacial score (nSPS) is 27.2. The Kier molecular flexibility index (Phi) is 5.05. The molecule has 0 aromatic carbocycles. The van der Waals surface area contributed by atoms with Crippen LogP contribution >= 0.6 is 0 Å². The fourth-order valence-corrected chi connectivity index (χ4v) is 2.93. The summed E-state index contributed by atoms with van der Waals surface area (Å²) in [4.78, 5) is 24.4. The van der Waals surface area contributed by atoms with E-state index in [2.05, 4.69) is 20.3 Å². The Morgan fingerprint density at radius 3 is 2.81 bits per heavy atom. The van der Waals surface area contributed by atoms with Gasteiger partial charge in [0.1, 0.15) is 24.1 Å². The van der Waals surface area contributed by atoms with Gasteiger partial charge in [-0.25, -0.2) is 15.0 Å². The van der Waals surface area contributed by atoms with Crippen LogP contribution in [0, 0.1) is 5.92 Å². The molecule has 2 unspecified atom stereocenters. The predicted molar refractivity (Wildman–Crippen MR) is 91.5 cm³/mol. The molecule has 2 aromatic heterocycles. The molecule has 1 saturated heterocycles. The van der Waals surface area contributed by atoms with Gasteiger partial charge in [0.05, 0.1) is 25.0 Å². The maximum Gasteiger partial charge on any atom is 0.237 e. The first-order valence-electron chi connectivity index (χ1n) is 8.28. The number of anilines is 1. The lowest BCUT2D eigenvalue weighted by atomic mass is 10.0. The van der Waals surface area contributed by atoms with E-state index in [0.717, 1.165) is 0 Å². The summed E-state index contributed by atoms with van der Waals surface area (Å²) >= 11 is 0. The van der Waals surface area contributed by atoms with Gasteiger partial charge < -0.3 is 31.7 Å². The maximum atomic E-state index is 12.3. The minimum atomic E-state index is -1.15. The van der Waals surface area contributed by atoms with E-state index in [0.29, 0.717) is 11.2 Å². The van der Waals surface area contributed by atoms with Gasteiger partial charge in [-0.3, -0.25) is 9.36 Å². The number of aliphatic hydroxyl groups excluding tert-OH is 2. The molecule has 5 atom stereocenters. The van der Waals surface area contributed by atoms with E-state index in [1.807, 2.05) is 13.8 Å². The summed E-state index contributed by atoms with van der Waals surface area (Å²) in [6.45, 7) is 3.25. The van der Waals surface area contributed by atoms with Gasteiger partial charge in [0.2, 0.25) is 5.91 Å². The lowest BCUT2D eigenvalue weighted by molar-refractivity contribution is -0.125. The molecule has 26 heavy (non-hydrogen) atoms. The number of amides is 1. The van der Waals surface area contributed by atoms with Gasteiger partial charge in [-0.1, -0.05) is 13.8 Å². The first kappa shape index (κ1) is 18.5. The number of nitrogen functional groups attached to an aromatic ring is 1. The van der Waals surface area contributed by atoms with Gasteiger partial charge in [-0.2, -0.15) is 0 Å². The summed E-state index contributed by atoms with van der Waals surface area (Å²) in [5, 5.41) is 23.0. The highest BCUT2D eigenvalue weighted by Gasteiger charge is 2.46. The fourth-order valence-electron chi connectivity index (χ4n) is 2.93. The third-order valence-electron chi connectivity index (χ3n) is 4.55. The van der Waals surface area contributed by atoms with Crippen LogP contribution in [0.15, 0.2) is 12.7 Å². The average Bonchev–Trinajstić information content (AvgIpc) is 3.17. The van der Waals surface area contributed by atoms with Crippen LogP contribution in [0.2, 0.25) is 0 Å². The van der Waals surface area contributed by atoms with Crippen molar-refractivity contribution in [2.24, 2.45) is 11.7 Å². The molecular weight excluding hydrogens is 342 g/mol. The second-order valence-electron chi connectivity index (χ2n) is 6.63. The number of nitrogens with one attached hydrogen (secondary N) is 1. The lowest BCUT2D eigenvalue weighted by Gasteiger charge is -2.24. The van der Waals surface area contributed by atoms with E-state index in [1.165, 1.54) is 17.2 Å². The van der Waals surface area contributed by atoms with Crippen molar-refractivity contribution in [3.05, 3.63) is 12.7 Å². The van der Waals surface area contributed by atoms with Crippen LogP contribution in [-0.4, -0.2) is 66.5 Å². The van der Waals surface area contributed by atoms with Crippen LogP contribution in [0.3, 0.4) is 0 Å². The van der Waals surface area contributed by atoms with Crippen molar-refractivity contribution in [2.45, 2.75) is 44.4 Å².